The third kappa shape index (κ3) is 4.82. The van der Waals surface area contributed by atoms with E-state index in [2.05, 4.69) is 60.7 Å². The van der Waals surface area contributed by atoms with E-state index in [4.69, 9.17) is 0 Å². The predicted octanol–water partition coefficient (Wildman–Crippen LogP) is -4.27. The van der Waals surface area contributed by atoms with Crippen molar-refractivity contribution < 1.29 is 42.8 Å². The van der Waals surface area contributed by atoms with E-state index in [0.717, 1.165) is 0 Å². The molecule has 0 unspecified atom stereocenters. The molecule has 2 rings (SSSR count). The van der Waals surface area contributed by atoms with E-state index < -0.39 is 0 Å². The van der Waals surface area contributed by atoms with Crippen molar-refractivity contribution in [3.63, 3.8) is 0 Å². The van der Waals surface area contributed by atoms with Gasteiger partial charge < -0.3 is 24.8 Å². The molecule has 0 saturated heterocycles. The Morgan fingerprint density at radius 2 is 0.867 bits per heavy atom. The number of benzene rings is 2. The van der Waals surface area contributed by atoms with Gasteiger partial charge in [0.1, 0.15) is 0 Å². The van der Waals surface area contributed by atoms with Crippen LogP contribution in [-0.4, -0.2) is 0 Å². The van der Waals surface area contributed by atoms with Gasteiger partial charge in [-0.25, -0.2) is 0 Å². The Kier molecular flexibility index (Phi) is 7.74. The van der Waals surface area contributed by atoms with Crippen LogP contribution in [0.2, 0.25) is 0 Å². The number of hydrogen-bond acceptors (Lipinski definition) is 0. The first-order valence-corrected chi connectivity index (χ1v) is 5.69. The van der Waals surface area contributed by atoms with Crippen molar-refractivity contribution in [1.82, 2.24) is 0 Å². The van der Waals surface area contributed by atoms with Gasteiger partial charge in [0.15, 0.2) is 0 Å². The molecule has 2 aromatic rings. The standard InChI is InChI=1S/2C6H5.2ClH.Pd/c2*1-2-4-6-5-3-1;;;/h2*1-5H;2*1H;/q;;;;+2/p-2. The molecule has 0 nitrogen and oxygen atoms in total. The van der Waals surface area contributed by atoms with Crippen LogP contribution in [0.25, 0.3) is 0 Å². The molecule has 0 fully saturated rings. The summed E-state index contributed by atoms with van der Waals surface area (Å²) < 4.78 is 2.84. The van der Waals surface area contributed by atoms with Gasteiger partial charge in [-0.3, -0.25) is 0 Å². The Balaban J connectivity index is 0.000000980. The molecule has 0 atom stereocenters. The molecule has 0 N–H and O–H groups in total. The SMILES string of the molecule is [Cl-].[Cl-].c1cc[c]([Pd+2][c]2ccccc2)cc1. The van der Waals surface area contributed by atoms with Crippen LogP contribution in [0.15, 0.2) is 60.7 Å². The number of hydrogen-bond donors (Lipinski definition) is 0. The third-order valence-corrected chi connectivity index (χ3v) is 3.54. The maximum absolute atomic E-state index is 2.18. The van der Waals surface area contributed by atoms with Gasteiger partial charge in [-0.15, -0.1) is 0 Å². The van der Waals surface area contributed by atoms with Crippen molar-refractivity contribution in [2.75, 3.05) is 0 Å². The van der Waals surface area contributed by atoms with E-state index >= 15 is 0 Å². The zero-order valence-electron chi connectivity index (χ0n) is 7.85. The Morgan fingerprint density at radius 3 is 1.20 bits per heavy atom. The average Bonchev–Trinajstić information content (AvgIpc) is 2.21. The molecule has 0 aliphatic heterocycles. The van der Waals surface area contributed by atoms with Crippen LogP contribution in [0, 0.1) is 0 Å². The van der Waals surface area contributed by atoms with Crippen molar-refractivity contribution in [3.8, 4) is 0 Å². The fourth-order valence-electron chi connectivity index (χ4n) is 1.02. The van der Waals surface area contributed by atoms with Gasteiger partial charge in [0.25, 0.3) is 0 Å². The van der Waals surface area contributed by atoms with Crippen molar-refractivity contribution in [3.05, 3.63) is 60.7 Å². The van der Waals surface area contributed by atoms with Crippen molar-refractivity contribution in [2.24, 2.45) is 0 Å². The van der Waals surface area contributed by atoms with Gasteiger partial charge in [-0.2, -0.15) is 0 Å². The average molecular weight is 332 g/mol. The van der Waals surface area contributed by atoms with Gasteiger partial charge in [-0.1, -0.05) is 0 Å². The Labute approximate surface area is 111 Å². The van der Waals surface area contributed by atoms with Crippen molar-refractivity contribution >= 4 is 8.07 Å². The molecule has 0 aliphatic rings. The fourth-order valence-corrected chi connectivity index (χ4v) is 2.65. The summed E-state index contributed by atoms with van der Waals surface area (Å²) in [5.41, 5.74) is 0. The molecule has 0 saturated carbocycles. The Bertz CT molecular complexity index is 324. The normalized spacial score (nSPS) is 8.80. The molecule has 2 aromatic carbocycles. The summed E-state index contributed by atoms with van der Waals surface area (Å²) >= 11 is 0.575. The molecule has 0 aromatic heterocycles. The van der Waals surface area contributed by atoms with E-state index in [1.54, 1.807) is 0 Å². The molecule has 0 heterocycles. The first kappa shape index (κ1) is 14.7. The number of rotatable bonds is 2. The molecule has 15 heavy (non-hydrogen) atoms. The van der Waals surface area contributed by atoms with Crippen LogP contribution in [-0.2, 0) is 18.0 Å². The van der Waals surface area contributed by atoms with Crippen LogP contribution in [0.3, 0.4) is 0 Å². The van der Waals surface area contributed by atoms with Gasteiger partial charge in [0.2, 0.25) is 0 Å². The third-order valence-electron chi connectivity index (χ3n) is 1.61. The number of halogens is 2. The summed E-state index contributed by atoms with van der Waals surface area (Å²) in [6, 6.07) is 21.2. The summed E-state index contributed by atoms with van der Waals surface area (Å²) in [6.45, 7) is 0. The van der Waals surface area contributed by atoms with Crippen LogP contribution < -0.4 is 32.9 Å². The monoisotopic (exact) mass is 330 g/mol. The Morgan fingerprint density at radius 1 is 0.533 bits per heavy atom. The fraction of sp³-hybridized carbons (Fsp3) is 0. The zero-order chi connectivity index (χ0) is 8.93. The zero-order valence-corrected chi connectivity index (χ0v) is 10.9. The predicted molar refractivity (Wildman–Crippen MR) is 52.2 cm³/mol. The van der Waals surface area contributed by atoms with Crippen molar-refractivity contribution in [2.45, 2.75) is 0 Å². The summed E-state index contributed by atoms with van der Waals surface area (Å²) in [7, 11) is 0. The van der Waals surface area contributed by atoms with E-state index in [9.17, 15) is 0 Å². The Hall–Kier alpha value is -0.318. The van der Waals surface area contributed by atoms with Crippen LogP contribution in [0.5, 0.6) is 0 Å². The van der Waals surface area contributed by atoms with Gasteiger partial charge in [0, 0.05) is 0 Å². The summed E-state index contributed by atoms with van der Waals surface area (Å²) in [4.78, 5) is 0. The molecular formula is C12H10Cl2Pd. The molecule has 0 amide bonds. The summed E-state index contributed by atoms with van der Waals surface area (Å²) in [5, 5.41) is 0. The topological polar surface area (TPSA) is 0 Å². The second kappa shape index (κ2) is 7.91. The maximum atomic E-state index is 2.18. The second-order valence-electron chi connectivity index (χ2n) is 2.60. The first-order valence-electron chi connectivity index (χ1n) is 4.14. The van der Waals surface area contributed by atoms with Crippen LogP contribution in [0.4, 0.5) is 0 Å². The van der Waals surface area contributed by atoms with Crippen molar-refractivity contribution in [1.29, 1.82) is 0 Å². The summed E-state index contributed by atoms with van der Waals surface area (Å²) in [6.07, 6.45) is 0. The summed E-state index contributed by atoms with van der Waals surface area (Å²) in [5.74, 6) is 0. The molecule has 0 bridgehead atoms. The van der Waals surface area contributed by atoms with Gasteiger partial charge in [0.05, 0.1) is 0 Å². The van der Waals surface area contributed by atoms with Gasteiger partial charge >= 0.3 is 86.7 Å². The quantitative estimate of drug-likeness (QED) is 0.489. The second-order valence-corrected chi connectivity index (χ2v) is 4.78. The van der Waals surface area contributed by atoms with E-state index in [0.29, 0.717) is 18.0 Å². The minimum atomic E-state index is 0. The van der Waals surface area contributed by atoms with Crippen LogP contribution >= 0.6 is 0 Å². The minimum absolute atomic E-state index is 0. The van der Waals surface area contributed by atoms with E-state index in [1.807, 2.05) is 0 Å². The first-order chi connectivity index (χ1) is 6.45. The van der Waals surface area contributed by atoms with Crippen LogP contribution in [0.1, 0.15) is 0 Å². The van der Waals surface area contributed by atoms with Gasteiger partial charge in [-0.05, 0) is 0 Å². The molecule has 0 aliphatic carbocycles. The molecule has 82 valence electrons. The molecule has 0 spiro atoms. The molecule has 3 heteroatoms. The molecular weight excluding hydrogens is 321 g/mol. The van der Waals surface area contributed by atoms with E-state index in [-0.39, 0.29) is 24.8 Å². The van der Waals surface area contributed by atoms with E-state index in [1.165, 1.54) is 8.07 Å². The molecule has 0 radical (unpaired) electrons.